The molecule has 0 fully saturated rings. The second-order valence-corrected chi connectivity index (χ2v) is 5.15. The SMILES string of the molecule is O=c1[nH]ccn(Cc2nnc(-c3ccccc3)s2)c1=O. The quantitative estimate of drug-likeness (QED) is 0.731. The molecule has 0 spiro atoms. The van der Waals surface area contributed by atoms with Crippen molar-refractivity contribution in [1.82, 2.24) is 19.7 Å². The maximum Gasteiger partial charge on any atom is 0.316 e. The summed E-state index contributed by atoms with van der Waals surface area (Å²) < 4.78 is 1.31. The van der Waals surface area contributed by atoms with E-state index in [4.69, 9.17) is 0 Å². The number of benzene rings is 1. The minimum atomic E-state index is -0.639. The molecular formula is C13H10N4O2S. The van der Waals surface area contributed by atoms with Gasteiger partial charge in [-0.05, 0) is 0 Å². The Balaban J connectivity index is 1.90. The van der Waals surface area contributed by atoms with Crippen molar-refractivity contribution in [2.24, 2.45) is 0 Å². The Morgan fingerprint density at radius 1 is 1.15 bits per heavy atom. The Morgan fingerprint density at radius 2 is 1.95 bits per heavy atom. The molecule has 0 saturated heterocycles. The predicted molar refractivity (Wildman–Crippen MR) is 75.8 cm³/mol. The molecule has 0 unspecified atom stereocenters. The van der Waals surface area contributed by atoms with Crippen molar-refractivity contribution in [3.05, 3.63) is 68.4 Å². The van der Waals surface area contributed by atoms with Gasteiger partial charge in [-0.25, -0.2) is 0 Å². The summed E-state index contributed by atoms with van der Waals surface area (Å²) in [5.74, 6) is 0. The highest BCUT2D eigenvalue weighted by Gasteiger charge is 2.08. The molecule has 0 aliphatic carbocycles. The Labute approximate surface area is 117 Å². The van der Waals surface area contributed by atoms with Crippen molar-refractivity contribution < 1.29 is 0 Å². The van der Waals surface area contributed by atoms with Gasteiger partial charge in [0.05, 0.1) is 6.54 Å². The molecular weight excluding hydrogens is 276 g/mol. The number of rotatable bonds is 3. The molecule has 0 aliphatic heterocycles. The van der Waals surface area contributed by atoms with E-state index in [1.165, 1.54) is 28.3 Å². The number of H-pyrrole nitrogens is 1. The lowest BCUT2D eigenvalue weighted by atomic mass is 10.2. The molecule has 3 rings (SSSR count). The van der Waals surface area contributed by atoms with Crippen LogP contribution in [0.1, 0.15) is 5.01 Å². The summed E-state index contributed by atoms with van der Waals surface area (Å²) in [5.41, 5.74) is -0.251. The van der Waals surface area contributed by atoms with Gasteiger partial charge < -0.3 is 9.55 Å². The van der Waals surface area contributed by atoms with Crippen LogP contribution in [0.15, 0.2) is 52.3 Å². The molecule has 6 nitrogen and oxygen atoms in total. The number of nitrogens with one attached hydrogen (secondary N) is 1. The average Bonchev–Trinajstić information content (AvgIpc) is 2.93. The molecule has 20 heavy (non-hydrogen) atoms. The van der Waals surface area contributed by atoms with E-state index in [1.54, 1.807) is 0 Å². The number of aromatic amines is 1. The molecule has 3 aromatic rings. The van der Waals surface area contributed by atoms with Gasteiger partial charge in [0.1, 0.15) is 10.0 Å². The van der Waals surface area contributed by atoms with Crippen LogP contribution in [0.3, 0.4) is 0 Å². The van der Waals surface area contributed by atoms with Gasteiger partial charge in [-0.1, -0.05) is 41.7 Å². The Kier molecular flexibility index (Phi) is 3.26. The van der Waals surface area contributed by atoms with Crippen LogP contribution >= 0.6 is 11.3 Å². The van der Waals surface area contributed by atoms with E-state index in [2.05, 4.69) is 15.2 Å². The lowest BCUT2D eigenvalue weighted by molar-refractivity contribution is 0.724. The zero-order valence-electron chi connectivity index (χ0n) is 10.3. The summed E-state index contributed by atoms with van der Waals surface area (Å²) in [6, 6.07) is 9.68. The minimum absolute atomic E-state index is 0.243. The van der Waals surface area contributed by atoms with Gasteiger partial charge in [-0.15, -0.1) is 10.2 Å². The van der Waals surface area contributed by atoms with E-state index in [0.29, 0.717) is 5.01 Å². The van der Waals surface area contributed by atoms with Crippen molar-refractivity contribution in [1.29, 1.82) is 0 Å². The summed E-state index contributed by atoms with van der Waals surface area (Å²) in [5, 5.41) is 9.62. The Hall–Kier alpha value is -2.54. The first-order valence-electron chi connectivity index (χ1n) is 5.90. The van der Waals surface area contributed by atoms with Crippen LogP contribution in [0.5, 0.6) is 0 Å². The van der Waals surface area contributed by atoms with Crippen molar-refractivity contribution in [3.8, 4) is 10.6 Å². The van der Waals surface area contributed by atoms with Crippen molar-refractivity contribution in [3.63, 3.8) is 0 Å². The minimum Gasteiger partial charge on any atom is -0.323 e. The normalized spacial score (nSPS) is 10.6. The number of aromatic nitrogens is 4. The van der Waals surface area contributed by atoms with Crippen LogP contribution in [0, 0.1) is 0 Å². The molecule has 0 aliphatic rings. The fourth-order valence-electron chi connectivity index (χ4n) is 1.75. The Morgan fingerprint density at radius 3 is 2.75 bits per heavy atom. The molecule has 1 N–H and O–H groups in total. The zero-order chi connectivity index (χ0) is 13.9. The summed E-state index contributed by atoms with van der Waals surface area (Å²) in [6.45, 7) is 0.243. The largest absolute Gasteiger partial charge is 0.323 e. The van der Waals surface area contributed by atoms with E-state index >= 15 is 0 Å². The van der Waals surface area contributed by atoms with Crippen molar-refractivity contribution in [2.45, 2.75) is 6.54 Å². The first-order chi connectivity index (χ1) is 9.74. The van der Waals surface area contributed by atoms with Crippen LogP contribution in [-0.4, -0.2) is 19.7 Å². The van der Waals surface area contributed by atoms with Gasteiger partial charge in [0, 0.05) is 18.0 Å². The van der Waals surface area contributed by atoms with E-state index < -0.39 is 11.1 Å². The van der Waals surface area contributed by atoms with Gasteiger partial charge in [0.2, 0.25) is 0 Å². The standard InChI is InChI=1S/C13H10N4O2S/c18-11-13(19)17(7-6-14-11)8-10-15-16-12(20-10)9-4-2-1-3-5-9/h1-7H,8H2,(H,14,18). The third-order valence-electron chi connectivity index (χ3n) is 2.72. The van der Waals surface area contributed by atoms with E-state index in [0.717, 1.165) is 10.6 Å². The monoisotopic (exact) mass is 286 g/mol. The topological polar surface area (TPSA) is 80.6 Å². The maximum atomic E-state index is 11.6. The van der Waals surface area contributed by atoms with E-state index in [1.807, 2.05) is 30.3 Å². The van der Waals surface area contributed by atoms with Gasteiger partial charge >= 0.3 is 11.1 Å². The van der Waals surface area contributed by atoms with Crippen LogP contribution in [0.25, 0.3) is 10.6 Å². The van der Waals surface area contributed by atoms with Crippen LogP contribution in [0.4, 0.5) is 0 Å². The summed E-state index contributed by atoms with van der Waals surface area (Å²) >= 11 is 1.40. The molecule has 2 heterocycles. The molecule has 7 heteroatoms. The fraction of sp³-hybridized carbons (Fsp3) is 0.0769. The smallest absolute Gasteiger partial charge is 0.316 e. The molecule has 0 radical (unpaired) electrons. The highest BCUT2D eigenvalue weighted by atomic mass is 32.1. The van der Waals surface area contributed by atoms with Crippen molar-refractivity contribution in [2.75, 3.05) is 0 Å². The van der Waals surface area contributed by atoms with Crippen molar-refractivity contribution >= 4 is 11.3 Å². The molecule has 0 atom stereocenters. The first-order valence-corrected chi connectivity index (χ1v) is 6.71. The third kappa shape index (κ3) is 2.43. The van der Waals surface area contributed by atoms with E-state index in [9.17, 15) is 9.59 Å². The molecule has 2 aromatic heterocycles. The number of nitrogens with zero attached hydrogens (tertiary/aromatic N) is 3. The summed E-state index contributed by atoms with van der Waals surface area (Å²) in [4.78, 5) is 25.2. The van der Waals surface area contributed by atoms with Gasteiger partial charge in [-0.3, -0.25) is 9.59 Å². The number of hydrogen-bond acceptors (Lipinski definition) is 5. The Bertz CT molecular complexity index is 835. The molecule has 0 bridgehead atoms. The number of hydrogen-bond donors (Lipinski definition) is 1. The average molecular weight is 286 g/mol. The van der Waals surface area contributed by atoms with E-state index in [-0.39, 0.29) is 6.54 Å². The highest BCUT2D eigenvalue weighted by molar-refractivity contribution is 7.14. The lowest BCUT2D eigenvalue weighted by Crippen LogP contribution is -2.35. The molecule has 100 valence electrons. The van der Waals surface area contributed by atoms with Crippen LogP contribution in [-0.2, 0) is 6.54 Å². The second kappa shape index (κ2) is 5.22. The molecule has 0 amide bonds. The first kappa shape index (κ1) is 12.5. The zero-order valence-corrected chi connectivity index (χ0v) is 11.1. The summed E-state index contributed by atoms with van der Waals surface area (Å²) in [6.07, 6.45) is 2.95. The third-order valence-corrected chi connectivity index (χ3v) is 3.67. The van der Waals surface area contributed by atoms with Gasteiger partial charge in [0.25, 0.3) is 0 Å². The maximum absolute atomic E-state index is 11.6. The lowest BCUT2D eigenvalue weighted by Gasteiger charge is -1.99. The van der Waals surface area contributed by atoms with Gasteiger partial charge in [-0.2, -0.15) is 0 Å². The molecule has 0 saturated carbocycles. The fourth-order valence-corrected chi connectivity index (χ4v) is 2.59. The molecule has 1 aromatic carbocycles. The second-order valence-electron chi connectivity index (χ2n) is 4.09. The highest BCUT2D eigenvalue weighted by Crippen LogP contribution is 2.23. The van der Waals surface area contributed by atoms with Crippen LogP contribution < -0.4 is 11.1 Å². The summed E-state index contributed by atoms with van der Waals surface area (Å²) in [7, 11) is 0. The van der Waals surface area contributed by atoms with Gasteiger partial charge in [0.15, 0.2) is 0 Å². The predicted octanol–water partition coefficient (Wildman–Crippen LogP) is 1.10. The van der Waals surface area contributed by atoms with Crippen LogP contribution in [0.2, 0.25) is 0 Å².